The van der Waals surface area contributed by atoms with Gasteiger partial charge in [-0.25, -0.2) is 9.78 Å². The largest absolute Gasteiger partial charge is 0.338 e. The fourth-order valence-corrected chi connectivity index (χ4v) is 2.86. The van der Waals surface area contributed by atoms with Gasteiger partial charge in [0.1, 0.15) is 0 Å². The maximum absolute atomic E-state index is 11.4. The highest BCUT2D eigenvalue weighted by molar-refractivity contribution is 9.11. The molecule has 2 aromatic rings. The summed E-state index contributed by atoms with van der Waals surface area (Å²) >= 11 is 4.90. The Morgan fingerprint density at radius 2 is 2.15 bits per heavy atom. The molecule has 6 heteroatoms. The van der Waals surface area contributed by atoms with Crippen molar-refractivity contribution >= 4 is 43.5 Å². The molecule has 2 N–H and O–H groups in total. The molecule has 1 aromatic carbocycles. The molecule has 0 radical (unpaired) electrons. The summed E-state index contributed by atoms with van der Waals surface area (Å²) in [6.45, 7) is 4.72. The van der Waals surface area contributed by atoms with Crippen molar-refractivity contribution in [3.63, 3.8) is 0 Å². The number of aromatic nitrogens is 1. The van der Waals surface area contributed by atoms with Crippen LogP contribution < -0.4 is 10.6 Å². The summed E-state index contributed by atoms with van der Waals surface area (Å²) in [5, 5.41) is 6.61. The van der Waals surface area contributed by atoms with E-state index in [0.717, 1.165) is 27.8 Å². The third-order valence-corrected chi connectivity index (χ3v) is 4.01. The second-order valence-corrected chi connectivity index (χ2v) is 6.54. The zero-order valence-corrected chi connectivity index (χ0v) is 13.4. The summed E-state index contributed by atoms with van der Waals surface area (Å²) in [6, 6.07) is 7.95. The zero-order chi connectivity index (χ0) is 14.4. The lowest BCUT2D eigenvalue weighted by molar-refractivity contribution is 0.241. The summed E-state index contributed by atoms with van der Waals surface area (Å²) < 4.78 is 1.96. The Balaban J connectivity index is 1.70. The van der Waals surface area contributed by atoms with E-state index in [4.69, 9.17) is 0 Å². The maximum Gasteiger partial charge on any atom is 0.315 e. The van der Waals surface area contributed by atoms with E-state index in [-0.39, 0.29) is 6.03 Å². The van der Waals surface area contributed by atoms with Gasteiger partial charge in [-0.05, 0) is 18.6 Å². The van der Waals surface area contributed by atoms with Crippen molar-refractivity contribution < 1.29 is 4.79 Å². The van der Waals surface area contributed by atoms with Gasteiger partial charge in [0.25, 0.3) is 0 Å². The second-order valence-electron chi connectivity index (χ2n) is 4.31. The lowest BCUT2D eigenvalue weighted by Gasteiger charge is -2.05. The SMILES string of the molecule is C=C(Br)CNC(=O)NCCCc1nc2ccccc2s1. The van der Waals surface area contributed by atoms with Gasteiger partial charge in [0.15, 0.2) is 0 Å². The fourth-order valence-electron chi connectivity index (χ4n) is 1.71. The zero-order valence-electron chi connectivity index (χ0n) is 11.0. The Morgan fingerprint density at radius 3 is 2.90 bits per heavy atom. The molecule has 0 aliphatic rings. The van der Waals surface area contributed by atoms with E-state index in [1.54, 1.807) is 11.3 Å². The Morgan fingerprint density at radius 1 is 1.35 bits per heavy atom. The molecular formula is C14H16BrN3OS. The first-order chi connectivity index (χ1) is 9.65. The standard InChI is InChI=1S/C14H16BrN3OS/c1-10(15)9-17-14(19)16-8-4-7-13-18-11-5-2-3-6-12(11)20-13/h2-3,5-6H,1,4,7-9H2,(H2,16,17,19). The van der Waals surface area contributed by atoms with E-state index in [2.05, 4.69) is 44.2 Å². The van der Waals surface area contributed by atoms with Crippen LogP contribution in [0.5, 0.6) is 0 Å². The number of nitrogens with one attached hydrogen (secondary N) is 2. The predicted molar refractivity (Wildman–Crippen MR) is 87.4 cm³/mol. The molecule has 1 heterocycles. The van der Waals surface area contributed by atoms with Gasteiger partial charge in [-0.15, -0.1) is 11.3 Å². The number of halogens is 1. The van der Waals surface area contributed by atoms with E-state index in [0.29, 0.717) is 13.1 Å². The second kappa shape index (κ2) is 7.40. The molecule has 0 aliphatic heterocycles. The first kappa shape index (κ1) is 15.0. The fraction of sp³-hybridized carbons (Fsp3) is 0.286. The molecule has 20 heavy (non-hydrogen) atoms. The number of thiazole rings is 1. The van der Waals surface area contributed by atoms with Gasteiger partial charge in [-0.1, -0.05) is 34.6 Å². The number of hydrogen-bond acceptors (Lipinski definition) is 3. The summed E-state index contributed by atoms with van der Waals surface area (Å²) in [6.07, 6.45) is 1.76. The number of carbonyl (C=O) groups is 1. The number of nitrogens with zero attached hydrogens (tertiary/aromatic N) is 1. The molecule has 2 amide bonds. The van der Waals surface area contributed by atoms with Gasteiger partial charge in [0.05, 0.1) is 21.8 Å². The Bertz CT molecular complexity index is 578. The van der Waals surface area contributed by atoms with Crippen molar-refractivity contribution in [1.82, 2.24) is 15.6 Å². The van der Waals surface area contributed by atoms with Crippen molar-refractivity contribution in [3.05, 3.63) is 40.3 Å². The molecule has 4 nitrogen and oxygen atoms in total. The van der Waals surface area contributed by atoms with Gasteiger partial charge < -0.3 is 10.6 Å². The summed E-state index contributed by atoms with van der Waals surface area (Å²) in [7, 11) is 0. The number of rotatable bonds is 6. The topological polar surface area (TPSA) is 54.0 Å². The first-order valence-corrected chi connectivity index (χ1v) is 7.95. The first-order valence-electron chi connectivity index (χ1n) is 6.34. The normalized spacial score (nSPS) is 10.4. The Hall–Kier alpha value is -1.40. The molecule has 0 aliphatic carbocycles. The minimum atomic E-state index is -0.171. The molecule has 1 aromatic heterocycles. The maximum atomic E-state index is 11.4. The Labute approximate surface area is 130 Å². The van der Waals surface area contributed by atoms with E-state index in [1.165, 1.54) is 4.70 Å². The average Bonchev–Trinajstić information content (AvgIpc) is 2.84. The van der Waals surface area contributed by atoms with E-state index >= 15 is 0 Å². The molecule has 0 saturated heterocycles. The van der Waals surface area contributed by atoms with Crippen LogP contribution in [0.3, 0.4) is 0 Å². The number of amides is 2. The third-order valence-electron chi connectivity index (χ3n) is 2.63. The summed E-state index contributed by atoms with van der Waals surface area (Å²) in [4.78, 5) is 16.0. The lowest BCUT2D eigenvalue weighted by atomic mass is 10.3. The lowest BCUT2D eigenvalue weighted by Crippen LogP contribution is -2.36. The van der Waals surface area contributed by atoms with Crippen LogP contribution in [0.4, 0.5) is 4.79 Å². The molecule has 0 bridgehead atoms. The predicted octanol–water partition coefficient (Wildman–Crippen LogP) is 3.44. The molecule has 0 atom stereocenters. The van der Waals surface area contributed by atoms with Crippen LogP contribution >= 0.6 is 27.3 Å². The van der Waals surface area contributed by atoms with E-state index in [1.807, 2.05) is 18.2 Å². The van der Waals surface area contributed by atoms with Crippen LogP contribution in [-0.2, 0) is 6.42 Å². The minimum absolute atomic E-state index is 0.171. The number of benzene rings is 1. The van der Waals surface area contributed by atoms with Crippen molar-refractivity contribution in [1.29, 1.82) is 0 Å². The molecule has 0 fully saturated rings. The molecular weight excluding hydrogens is 338 g/mol. The highest BCUT2D eigenvalue weighted by atomic mass is 79.9. The Kier molecular flexibility index (Phi) is 5.55. The molecule has 2 rings (SSSR count). The number of aryl methyl sites for hydroxylation is 1. The smallest absolute Gasteiger partial charge is 0.315 e. The highest BCUT2D eigenvalue weighted by Crippen LogP contribution is 2.22. The van der Waals surface area contributed by atoms with Crippen LogP contribution in [0.1, 0.15) is 11.4 Å². The van der Waals surface area contributed by atoms with E-state index in [9.17, 15) is 4.79 Å². The third kappa shape index (κ3) is 4.61. The van der Waals surface area contributed by atoms with Crippen molar-refractivity contribution in [2.45, 2.75) is 12.8 Å². The summed E-state index contributed by atoms with van der Waals surface area (Å²) in [5.41, 5.74) is 1.05. The van der Waals surface area contributed by atoms with Gasteiger partial charge in [0, 0.05) is 17.4 Å². The van der Waals surface area contributed by atoms with Crippen LogP contribution in [-0.4, -0.2) is 24.1 Å². The number of fused-ring (bicyclic) bond motifs is 1. The van der Waals surface area contributed by atoms with Gasteiger partial charge in [0.2, 0.25) is 0 Å². The van der Waals surface area contributed by atoms with Gasteiger partial charge >= 0.3 is 6.03 Å². The number of hydrogen-bond donors (Lipinski definition) is 2. The highest BCUT2D eigenvalue weighted by Gasteiger charge is 2.03. The van der Waals surface area contributed by atoms with Crippen molar-refractivity contribution in [3.8, 4) is 0 Å². The van der Waals surface area contributed by atoms with Crippen LogP contribution in [0.2, 0.25) is 0 Å². The number of para-hydroxylation sites is 1. The molecule has 0 saturated carbocycles. The molecule has 106 valence electrons. The summed E-state index contributed by atoms with van der Waals surface area (Å²) in [5.74, 6) is 0. The molecule has 0 spiro atoms. The number of urea groups is 1. The van der Waals surface area contributed by atoms with Crippen LogP contribution in [0, 0.1) is 0 Å². The van der Waals surface area contributed by atoms with E-state index < -0.39 is 0 Å². The van der Waals surface area contributed by atoms with Crippen LogP contribution in [0.25, 0.3) is 10.2 Å². The monoisotopic (exact) mass is 353 g/mol. The van der Waals surface area contributed by atoms with Crippen molar-refractivity contribution in [2.24, 2.45) is 0 Å². The van der Waals surface area contributed by atoms with Crippen molar-refractivity contribution in [2.75, 3.05) is 13.1 Å². The quantitative estimate of drug-likeness (QED) is 0.781. The minimum Gasteiger partial charge on any atom is -0.338 e. The molecule has 0 unspecified atom stereocenters. The van der Waals surface area contributed by atoms with Crippen LogP contribution in [0.15, 0.2) is 35.3 Å². The number of carbonyl (C=O) groups excluding carboxylic acids is 1. The van der Waals surface area contributed by atoms with Gasteiger partial charge in [-0.3, -0.25) is 0 Å². The van der Waals surface area contributed by atoms with Gasteiger partial charge in [-0.2, -0.15) is 0 Å². The average molecular weight is 354 g/mol.